The number of halogens is 1. The van der Waals surface area contributed by atoms with E-state index in [-0.39, 0.29) is 12.1 Å². The zero-order valence-corrected chi connectivity index (χ0v) is 14.6. The van der Waals surface area contributed by atoms with Crippen LogP contribution in [0.3, 0.4) is 0 Å². The number of pyridine rings is 1. The Morgan fingerprint density at radius 2 is 1.93 bits per heavy atom. The van der Waals surface area contributed by atoms with E-state index in [1.807, 2.05) is 6.07 Å². The number of rotatable bonds is 4. The number of carbonyl (C=O) groups excluding carboxylic acids is 1. The molecular weight excluding hydrogens is 345 g/mol. The van der Waals surface area contributed by atoms with E-state index in [0.29, 0.717) is 16.8 Å². The lowest BCUT2D eigenvalue weighted by Gasteiger charge is -2.11. The lowest BCUT2D eigenvalue weighted by molar-refractivity contribution is 0.0948. The third kappa shape index (κ3) is 3.93. The molecule has 2 aromatic carbocycles. The molecule has 0 fully saturated rings. The number of aromatic nitrogens is 1. The van der Waals surface area contributed by atoms with Crippen LogP contribution in [0, 0.1) is 24.1 Å². The van der Waals surface area contributed by atoms with Gasteiger partial charge >= 0.3 is 0 Å². The van der Waals surface area contributed by atoms with Crippen molar-refractivity contribution in [1.82, 2.24) is 9.88 Å². The SMILES string of the molecule is Cc1ccn(-c2ccc(F)cc2)c(=O)c1C(=O)NCc1cccc(C#N)c1. The minimum Gasteiger partial charge on any atom is -0.348 e. The van der Waals surface area contributed by atoms with Gasteiger partial charge in [0.1, 0.15) is 11.4 Å². The summed E-state index contributed by atoms with van der Waals surface area (Å²) in [7, 11) is 0. The number of amides is 1. The molecule has 0 saturated carbocycles. The lowest BCUT2D eigenvalue weighted by atomic mass is 10.1. The second-order valence-electron chi connectivity index (χ2n) is 6.02. The van der Waals surface area contributed by atoms with E-state index in [1.54, 1.807) is 43.5 Å². The highest BCUT2D eigenvalue weighted by molar-refractivity contribution is 5.95. The first-order valence-electron chi connectivity index (χ1n) is 8.25. The Balaban J connectivity index is 1.88. The van der Waals surface area contributed by atoms with Gasteiger partial charge in [-0.15, -0.1) is 0 Å². The molecule has 3 rings (SSSR count). The smallest absolute Gasteiger partial charge is 0.268 e. The number of carbonyl (C=O) groups is 1. The van der Waals surface area contributed by atoms with E-state index in [2.05, 4.69) is 5.32 Å². The normalized spacial score (nSPS) is 10.3. The summed E-state index contributed by atoms with van der Waals surface area (Å²) in [5.74, 6) is -0.909. The zero-order valence-electron chi connectivity index (χ0n) is 14.6. The second-order valence-corrected chi connectivity index (χ2v) is 6.02. The molecule has 0 radical (unpaired) electrons. The molecule has 0 aliphatic rings. The highest BCUT2D eigenvalue weighted by Gasteiger charge is 2.16. The highest BCUT2D eigenvalue weighted by Crippen LogP contribution is 2.10. The van der Waals surface area contributed by atoms with Gasteiger partial charge < -0.3 is 5.32 Å². The number of hydrogen-bond acceptors (Lipinski definition) is 3. The monoisotopic (exact) mass is 361 g/mol. The van der Waals surface area contributed by atoms with Crippen molar-refractivity contribution in [1.29, 1.82) is 5.26 Å². The molecule has 1 N–H and O–H groups in total. The van der Waals surface area contributed by atoms with Crippen molar-refractivity contribution in [3.05, 3.63) is 99.2 Å². The molecular formula is C21H16FN3O2. The van der Waals surface area contributed by atoms with Crippen molar-refractivity contribution < 1.29 is 9.18 Å². The van der Waals surface area contributed by atoms with E-state index >= 15 is 0 Å². The molecule has 0 saturated heterocycles. The van der Waals surface area contributed by atoms with Gasteiger partial charge in [0.05, 0.1) is 11.6 Å². The molecule has 0 spiro atoms. The van der Waals surface area contributed by atoms with Crippen molar-refractivity contribution in [2.24, 2.45) is 0 Å². The Hall–Kier alpha value is -3.72. The third-order valence-corrected chi connectivity index (χ3v) is 4.14. The number of nitrogens with zero attached hydrogens (tertiary/aromatic N) is 2. The molecule has 0 unspecified atom stereocenters. The molecule has 3 aromatic rings. The van der Waals surface area contributed by atoms with E-state index in [1.165, 1.54) is 28.8 Å². The van der Waals surface area contributed by atoms with Gasteiger partial charge in [-0.1, -0.05) is 12.1 Å². The van der Waals surface area contributed by atoms with Crippen LogP contribution in [0.1, 0.15) is 27.0 Å². The summed E-state index contributed by atoms with van der Waals surface area (Å²) in [6, 6.07) is 16.0. The molecule has 1 amide bonds. The molecule has 1 heterocycles. The zero-order chi connectivity index (χ0) is 19.4. The van der Waals surface area contributed by atoms with Crippen LogP contribution in [-0.2, 0) is 6.54 Å². The highest BCUT2D eigenvalue weighted by atomic mass is 19.1. The maximum Gasteiger partial charge on any atom is 0.268 e. The first-order chi connectivity index (χ1) is 13.0. The molecule has 1 aromatic heterocycles. The minimum absolute atomic E-state index is 0.0262. The summed E-state index contributed by atoms with van der Waals surface area (Å²) >= 11 is 0. The van der Waals surface area contributed by atoms with Gasteiger partial charge in [-0.05, 0) is 60.5 Å². The molecule has 27 heavy (non-hydrogen) atoms. The first kappa shape index (κ1) is 18.1. The predicted molar refractivity (Wildman–Crippen MR) is 99.1 cm³/mol. The molecule has 134 valence electrons. The quantitative estimate of drug-likeness (QED) is 0.776. The summed E-state index contributed by atoms with van der Waals surface area (Å²) in [4.78, 5) is 25.4. The van der Waals surface area contributed by atoms with Gasteiger partial charge in [-0.2, -0.15) is 5.26 Å². The van der Waals surface area contributed by atoms with Crippen LogP contribution in [0.4, 0.5) is 4.39 Å². The van der Waals surface area contributed by atoms with Crippen LogP contribution in [0.15, 0.2) is 65.6 Å². The predicted octanol–water partition coefficient (Wildman–Crippen LogP) is 3.09. The molecule has 0 aliphatic carbocycles. The van der Waals surface area contributed by atoms with E-state index in [0.717, 1.165) is 5.56 Å². The summed E-state index contributed by atoms with van der Waals surface area (Å²) in [6.07, 6.45) is 1.55. The van der Waals surface area contributed by atoms with E-state index < -0.39 is 17.3 Å². The third-order valence-electron chi connectivity index (χ3n) is 4.14. The Morgan fingerprint density at radius 3 is 2.63 bits per heavy atom. The summed E-state index contributed by atoms with van der Waals surface area (Å²) in [5.41, 5.74) is 1.81. The second kappa shape index (κ2) is 7.67. The number of nitriles is 1. The maximum absolute atomic E-state index is 13.1. The van der Waals surface area contributed by atoms with Crippen LogP contribution >= 0.6 is 0 Å². The van der Waals surface area contributed by atoms with Crippen molar-refractivity contribution in [3.8, 4) is 11.8 Å². The Labute approximate surface area is 155 Å². The first-order valence-corrected chi connectivity index (χ1v) is 8.25. The minimum atomic E-state index is -0.503. The van der Waals surface area contributed by atoms with Crippen molar-refractivity contribution in [2.75, 3.05) is 0 Å². The van der Waals surface area contributed by atoms with Crippen LogP contribution in [0.25, 0.3) is 5.69 Å². The average Bonchev–Trinajstić information content (AvgIpc) is 2.67. The lowest BCUT2D eigenvalue weighted by Crippen LogP contribution is -2.33. The summed E-state index contributed by atoms with van der Waals surface area (Å²) in [5, 5.41) is 11.7. The maximum atomic E-state index is 13.1. The number of aryl methyl sites for hydroxylation is 1. The fourth-order valence-corrected chi connectivity index (χ4v) is 2.73. The van der Waals surface area contributed by atoms with Gasteiger partial charge in [0.15, 0.2) is 0 Å². The molecule has 0 aliphatic heterocycles. The van der Waals surface area contributed by atoms with Crippen LogP contribution in [0.5, 0.6) is 0 Å². The molecule has 5 nitrogen and oxygen atoms in total. The fraction of sp³-hybridized carbons (Fsp3) is 0.0952. The van der Waals surface area contributed by atoms with Crippen molar-refractivity contribution in [3.63, 3.8) is 0 Å². The van der Waals surface area contributed by atoms with E-state index in [4.69, 9.17) is 5.26 Å². The molecule has 0 atom stereocenters. The largest absolute Gasteiger partial charge is 0.348 e. The van der Waals surface area contributed by atoms with Crippen molar-refractivity contribution >= 4 is 5.91 Å². The number of hydrogen-bond donors (Lipinski definition) is 1. The fourth-order valence-electron chi connectivity index (χ4n) is 2.73. The Bertz CT molecular complexity index is 1100. The van der Waals surface area contributed by atoms with Gasteiger partial charge in [-0.25, -0.2) is 4.39 Å². The Kier molecular flexibility index (Phi) is 5.13. The van der Waals surface area contributed by atoms with Gasteiger partial charge in [-0.3, -0.25) is 14.2 Å². The standard InChI is InChI=1S/C21H16FN3O2/c1-14-9-10-25(18-7-5-17(22)6-8-18)21(27)19(14)20(26)24-13-16-4-2-3-15(11-16)12-23/h2-11H,13H2,1H3,(H,24,26). The van der Waals surface area contributed by atoms with E-state index in [9.17, 15) is 14.0 Å². The van der Waals surface area contributed by atoms with Crippen LogP contribution in [0.2, 0.25) is 0 Å². The van der Waals surface area contributed by atoms with Gasteiger partial charge in [0.25, 0.3) is 11.5 Å². The van der Waals surface area contributed by atoms with Gasteiger partial charge in [0, 0.05) is 18.4 Å². The topological polar surface area (TPSA) is 74.9 Å². The van der Waals surface area contributed by atoms with Gasteiger partial charge in [0.2, 0.25) is 0 Å². The van der Waals surface area contributed by atoms with Crippen molar-refractivity contribution in [2.45, 2.75) is 13.5 Å². The summed E-state index contributed by atoms with van der Waals surface area (Å²) in [6.45, 7) is 1.88. The number of nitrogens with one attached hydrogen (secondary N) is 1. The average molecular weight is 361 g/mol. The van der Waals surface area contributed by atoms with Crippen LogP contribution in [-0.4, -0.2) is 10.5 Å². The number of benzene rings is 2. The Morgan fingerprint density at radius 1 is 1.19 bits per heavy atom. The summed E-state index contributed by atoms with van der Waals surface area (Å²) < 4.78 is 14.4. The molecule has 0 bridgehead atoms. The van der Waals surface area contributed by atoms with Crippen LogP contribution < -0.4 is 10.9 Å². The molecule has 6 heteroatoms.